The Bertz CT molecular complexity index is 851. The van der Waals surface area contributed by atoms with Gasteiger partial charge >= 0.3 is 5.97 Å². The Morgan fingerprint density at radius 2 is 0.677 bits per heavy atom. The normalized spacial score (nSPS) is 12.6. The third-order valence-corrected chi connectivity index (χ3v) is 10.4. The summed E-state index contributed by atoms with van der Waals surface area (Å²) < 4.78 is 24.2. The maximum Gasteiger partial charge on any atom is 0.329 e. The molecule has 0 heterocycles. The molecule has 0 bridgehead atoms. The van der Waals surface area contributed by atoms with Crippen molar-refractivity contribution in [3.8, 4) is 0 Å². The Morgan fingerprint density at radius 3 is 0.871 bits per heavy atom. The van der Waals surface area contributed by atoms with Crippen LogP contribution in [0.4, 0.5) is 8.78 Å². The first-order valence-electron chi connectivity index (χ1n) is 25.1. The molecule has 0 aromatic rings. The second-order valence-electron chi connectivity index (χ2n) is 16.3. The molecule has 0 aliphatic carbocycles. The summed E-state index contributed by atoms with van der Waals surface area (Å²) in [4.78, 5) is 10.3. The molecule has 0 saturated heterocycles. The first-order chi connectivity index (χ1) is 30.4. The van der Waals surface area contributed by atoms with Gasteiger partial charge in [-0.1, -0.05) is 26.0 Å². The lowest BCUT2D eigenvalue weighted by molar-refractivity contribution is -0.150. The highest BCUT2D eigenvalue weighted by molar-refractivity contribution is 5.79. The van der Waals surface area contributed by atoms with Crippen LogP contribution in [0.25, 0.3) is 0 Å². The monoisotopic (exact) mass is 893 g/mol. The number of nitrogens with two attached hydrogens (primary N) is 2. The third-order valence-electron chi connectivity index (χ3n) is 10.4. The second-order valence-corrected chi connectivity index (χ2v) is 16.3. The zero-order chi connectivity index (χ0) is 45.7. The summed E-state index contributed by atoms with van der Waals surface area (Å²) in [5.41, 5.74) is 7.56. The topological polar surface area (TPSA) is 210 Å². The van der Waals surface area contributed by atoms with Crippen molar-refractivity contribution < 1.29 is 18.7 Å². The Morgan fingerprint density at radius 1 is 0.452 bits per heavy atom. The predicted octanol–water partition coefficient (Wildman–Crippen LogP) is 3.49. The number of hydrogen-bond donors (Lipinski definition) is 13. The molecule has 0 radical (unpaired) electrons. The molecule has 62 heavy (non-hydrogen) atoms. The largest absolute Gasteiger partial charge is 0.480 e. The standard InChI is InChI=1S/C40H90N10.C6H12F2N2O2/c1-3-41-23-5-7-25-43-27-9-11-29-45-31-13-15-33-47-35-17-19-37-49-39-21-22-40-50-38-20-18-36-48-34-16-14-32-46-30-12-10-28-44-26-8-6-24-42-4-2;7-4(8)6(10,5(11)12)2-1-3-9/h21-22,41-50H,3-20,23-40H2,1-2H3;4H,1-3,9-10H2,(H,11,12)/b22-21+;. The summed E-state index contributed by atoms with van der Waals surface area (Å²) in [6.07, 6.45) is 21.6. The van der Waals surface area contributed by atoms with Crippen LogP contribution in [0.15, 0.2) is 12.2 Å². The highest BCUT2D eigenvalue weighted by atomic mass is 19.3. The molecule has 0 aliphatic heterocycles. The zero-order valence-electron chi connectivity index (χ0n) is 40.1. The van der Waals surface area contributed by atoms with Gasteiger partial charge in [0.15, 0.2) is 5.54 Å². The molecule has 15 N–H and O–H groups in total. The highest BCUT2D eigenvalue weighted by Crippen LogP contribution is 2.18. The van der Waals surface area contributed by atoms with Gasteiger partial charge < -0.3 is 69.7 Å². The average Bonchev–Trinajstić information content (AvgIpc) is 3.26. The van der Waals surface area contributed by atoms with Gasteiger partial charge in [0.2, 0.25) is 0 Å². The maximum atomic E-state index is 12.1. The lowest BCUT2D eigenvalue weighted by Crippen LogP contribution is -2.54. The van der Waals surface area contributed by atoms with Crippen molar-refractivity contribution >= 4 is 5.97 Å². The number of carboxylic acid groups (broad SMARTS) is 1. The highest BCUT2D eigenvalue weighted by Gasteiger charge is 2.43. The van der Waals surface area contributed by atoms with E-state index in [9.17, 15) is 13.6 Å². The van der Waals surface area contributed by atoms with Crippen LogP contribution in [-0.4, -0.2) is 160 Å². The molecule has 0 rings (SSSR count). The molecule has 16 heteroatoms. The SMILES string of the molecule is CCNCCCCNCCCCNCCCCNCCCCNC/C=C/CNCCCCNCCCCNCCCCNCCCCNCC.NCCCC(N)(C(=O)O)C(F)F. The fourth-order valence-electron chi connectivity index (χ4n) is 6.34. The van der Waals surface area contributed by atoms with Gasteiger partial charge in [0.05, 0.1) is 0 Å². The van der Waals surface area contributed by atoms with E-state index in [-0.39, 0.29) is 19.4 Å². The van der Waals surface area contributed by atoms with E-state index in [2.05, 4.69) is 79.2 Å². The van der Waals surface area contributed by atoms with Gasteiger partial charge in [0.25, 0.3) is 6.43 Å². The summed E-state index contributed by atoms with van der Waals surface area (Å²) in [6, 6.07) is 0. The van der Waals surface area contributed by atoms with Gasteiger partial charge in [0, 0.05) is 13.1 Å². The van der Waals surface area contributed by atoms with E-state index < -0.39 is 17.9 Å². The van der Waals surface area contributed by atoms with Crippen molar-refractivity contribution in [3.05, 3.63) is 12.2 Å². The van der Waals surface area contributed by atoms with Crippen LogP contribution in [0.5, 0.6) is 0 Å². The van der Waals surface area contributed by atoms with Crippen molar-refractivity contribution in [1.82, 2.24) is 53.2 Å². The molecule has 1 unspecified atom stereocenters. The summed E-state index contributed by atoms with van der Waals surface area (Å²) in [6.45, 7) is 27.0. The maximum absolute atomic E-state index is 12.1. The first-order valence-corrected chi connectivity index (χ1v) is 25.1. The zero-order valence-corrected chi connectivity index (χ0v) is 40.1. The molecule has 372 valence electrons. The molecule has 1 atom stereocenters. The minimum Gasteiger partial charge on any atom is -0.480 e. The number of unbranched alkanes of at least 4 members (excludes halogenated alkanes) is 8. The minimum absolute atomic E-state index is 0.152. The van der Waals surface area contributed by atoms with Gasteiger partial charge in [-0.05, 0) is 240 Å². The number of carbonyl (C=O) groups is 1. The predicted molar refractivity (Wildman–Crippen MR) is 262 cm³/mol. The molecular formula is C46H102F2N12O2. The Kier molecular flexibility index (Phi) is 54.5. The van der Waals surface area contributed by atoms with Gasteiger partial charge in [-0.25, -0.2) is 13.6 Å². The van der Waals surface area contributed by atoms with E-state index in [1.54, 1.807) is 0 Å². The first kappa shape index (κ1) is 62.7. The van der Waals surface area contributed by atoms with Crippen molar-refractivity contribution in [1.29, 1.82) is 0 Å². The Labute approximate surface area is 379 Å². The number of rotatable bonds is 51. The summed E-state index contributed by atoms with van der Waals surface area (Å²) in [7, 11) is 0. The van der Waals surface area contributed by atoms with E-state index in [1.165, 1.54) is 103 Å². The van der Waals surface area contributed by atoms with Crippen LogP contribution >= 0.6 is 0 Å². The van der Waals surface area contributed by atoms with Crippen molar-refractivity contribution in [3.63, 3.8) is 0 Å². The lowest BCUT2D eigenvalue weighted by Gasteiger charge is -2.22. The Balaban J connectivity index is 0. The van der Waals surface area contributed by atoms with Crippen molar-refractivity contribution in [2.45, 2.75) is 141 Å². The van der Waals surface area contributed by atoms with Crippen LogP contribution < -0.4 is 64.6 Å². The summed E-state index contributed by atoms with van der Waals surface area (Å²) in [5, 5.41) is 43.8. The molecular weight excluding hydrogens is 791 g/mol. The van der Waals surface area contributed by atoms with Crippen molar-refractivity contribution in [2.75, 3.05) is 137 Å². The van der Waals surface area contributed by atoms with E-state index in [1.807, 2.05) is 0 Å². The van der Waals surface area contributed by atoms with Crippen LogP contribution in [0.2, 0.25) is 0 Å². The number of halogens is 2. The lowest BCUT2D eigenvalue weighted by atomic mass is 9.95. The fourth-order valence-corrected chi connectivity index (χ4v) is 6.34. The number of nitrogens with one attached hydrogen (secondary N) is 10. The number of aliphatic carboxylic acids is 1. The van der Waals surface area contributed by atoms with Gasteiger partial charge in [-0.15, -0.1) is 0 Å². The van der Waals surface area contributed by atoms with E-state index >= 15 is 0 Å². The Hall–Kier alpha value is -1.41. The van der Waals surface area contributed by atoms with Crippen molar-refractivity contribution in [2.24, 2.45) is 11.5 Å². The van der Waals surface area contributed by atoms with E-state index in [4.69, 9.17) is 16.6 Å². The minimum atomic E-state index is -3.07. The fraction of sp³-hybridized carbons (Fsp3) is 0.935. The molecule has 0 fully saturated rings. The number of carboxylic acids is 1. The van der Waals surface area contributed by atoms with Crippen LogP contribution in [0.1, 0.15) is 129 Å². The third kappa shape index (κ3) is 49.6. The van der Waals surface area contributed by atoms with Gasteiger partial charge in [-0.2, -0.15) is 0 Å². The molecule has 0 spiro atoms. The van der Waals surface area contributed by atoms with Gasteiger partial charge in [0.1, 0.15) is 0 Å². The quantitative estimate of drug-likeness (QED) is 0.0312. The van der Waals surface area contributed by atoms with Crippen LogP contribution in [-0.2, 0) is 4.79 Å². The summed E-state index contributed by atoms with van der Waals surface area (Å²) >= 11 is 0. The average molecular weight is 893 g/mol. The van der Waals surface area contributed by atoms with Gasteiger partial charge in [-0.3, -0.25) is 0 Å². The number of hydrogen-bond acceptors (Lipinski definition) is 13. The smallest absolute Gasteiger partial charge is 0.329 e. The van der Waals surface area contributed by atoms with E-state index in [0.29, 0.717) is 0 Å². The second kappa shape index (κ2) is 53.9. The summed E-state index contributed by atoms with van der Waals surface area (Å²) in [5.74, 6) is -1.69. The molecule has 0 aromatic carbocycles. The van der Waals surface area contributed by atoms with Crippen LogP contribution in [0, 0.1) is 0 Å². The van der Waals surface area contributed by atoms with Crippen LogP contribution in [0.3, 0.4) is 0 Å². The number of alkyl halides is 2. The molecule has 0 amide bonds. The van der Waals surface area contributed by atoms with E-state index in [0.717, 1.165) is 131 Å². The molecule has 0 aliphatic rings. The molecule has 0 saturated carbocycles. The molecule has 0 aromatic heterocycles. The molecule has 14 nitrogen and oxygen atoms in total.